The van der Waals surface area contributed by atoms with Gasteiger partial charge in [-0.05, 0) is 55.1 Å². The van der Waals surface area contributed by atoms with Crippen LogP contribution in [0.1, 0.15) is 34.5 Å². The minimum atomic E-state index is 0.0936. The molecule has 31 heavy (non-hydrogen) atoms. The van der Waals surface area contributed by atoms with Gasteiger partial charge in [0.2, 0.25) is 0 Å². The Balaban J connectivity index is 1.36. The van der Waals surface area contributed by atoms with Crippen molar-refractivity contribution in [3.63, 3.8) is 0 Å². The van der Waals surface area contributed by atoms with Gasteiger partial charge >= 0.3 is 0 Å². The van der Waals surface area contributed by atoms with E-state index < -0.39 is 0 Å². The second-order valence-corrected chi connectivity index (χ2v) is 8.27. The Morgan fingerprint density at radius 2 is 1.84 bits per heavy atom. The Morgan fingerprint density at radius 1 is 1.00 bits per heavy atom. The number of imidazole rings is 1. The molecule has 6 nitrogen and oxygen atoms in total. The largest absolute Gasteiger partial charge is 0.332 e. The fourth-order valence-electron chi connectivity index (χ4n) is 4.23. The lowest BCUT2D eigenvalue weighted by Crippen LogP contribution is -2.18. The minimum Gasteiger partial charge on any atom is -0.332 e. The van der Waals surface area contributed by atoms with Gasteiger partial charge < -0.3 is 4.57 Å². The number of aryl methyl sites for hydroxylation is 1. The molecule has 4 heterocycles. The van der Waals surface area contributed by atoms with Crippen molar-refractivity contribution in [3.05, 3.63) is 78.1 Å². The zero-order chi connectivity index (χ0) is 21.2. The van der Waals surface area contributed by atoms with Crippen LogP contribution < -0.4 is 0 Å². The Morgan fingerprint density at radius 3 is 2.65 bits per heavy atom. The number of fused-ring (bicyclic) bond motifs is 1. The summed E-state index contributed by atoms with van der Waals surface area (Å²) in [6, 6.07) is 12.0. The monoisotopic (exact) mass is 411 g/mol. The number of aromatic nitrogens is 4. The van der Waals surface area contributed by atoms with E-state index in [-0.39, 0.29) is 12.2 Å². The first-order chi connectivity index (χ1) is 15.2. The first-order valence-electron chi connectivity index (χ1n) is 10.7. The maximum Gasteiger partial charge on any atom is 0.168 e. The molecule has 0 unspecified atom stereocenters. The van der Waals surface area contributed by atoms with Crippen LogP contribution in [0, 0.1) is 0 Å². The van der Waals surface area contributed by atoms with E-state index in [0.717, 1.165) is 53.1 Å². The second-order valence-electron chi connectivity index (χ2n) is 8.27. The number of carbonyl (C=O) groups excluding carboxylic acids is 1. The van der Waals surface area contributed by atoms with E-state index in [1.54, 1.807) is 18.7 Å². The smallest absolute Gasteiger partial charge is 0.168 e. The highest BCUT2D eigenvalue weighted by Gasteiger charge is 2.14. The lowest BCUT2D eigenvalue weighted by atomic mass is 10.0. The molecule has 1 aromatic carbocycles. The zero-order valence-corrected chi connectivity index (χ0v) is 17.7. The van der Waals surface area contributed by atoms with Crippen LogP contribution in [-0.2, 0) is 20.0 Å². The van der Waals surface area contributed by atoms with Gasteiger partial charge in [0, 0.05) is 42.6 Å². The topological polar surface area (TPSA) is 63.9 Å². The predicted molar refractivity (Wildman–Crippen MR) is 121 cm³/mol. The predicted octanol–water partition coefficient (Wildman–Crippen LogP) is 4.05. The van der Waals surface area contributed by atoms with Crippen LogP contribution in [0.2, 0.25) is 0 Å². The van der Waals surface area contributed by atoms with Crippen molar-refractivity contribution in [2.24, 2.45) is 7.05 Å². The first kappa shape index (κ1) is 19.6. The van der Waals surface area contributed by atoms with Gasteiger partial charge in [-0.1, -0.05) is 18.2 Å². The van der Waals surface area contributed by atoms with Crippen molar-refractivity contribution in [2.75, 3.05) is 13.1 Å². The summed E-state index contributed by atoms with van der Waals surface area (Å²) in [6.45, 7) is 3.21. The standard InChI is InChI=1S/C25H25N5O/c1-29-17-26-15-24(29)23-11-20-10-22(27-13-21(20)14-28-23)12-25(31)19-6-4-5-18(9-19)16-30-7-2-3-8-30/h4-6,9-11,13-15,17H,2-3,7-8,12,16H2,1H3. The van der Waals surface area contributed by atoms with Gasteiger partial charge in [0.05, 0.1) is 30.3 Å². The van der Waals surface area contributed by atoms with Gasteiger partial charge in [0.1, 0.15) is 0 Å². The van der Waals surface area contributed by atoms with Gasteiger partial charge in [-0.25, -0.2) is 4.98 Å². The van der Waals surface area contributed by atoms with E-state index in [9.17, 15) is 4.79 Å². The Bertz CT molecular complexity index is 1240. The number of pyridine rings is 2. The molecule has 0 N–H and O–H groups in total. The highest BCUT2D eigenvalue weighted by Crippen LogP contribution is 2.22. The normalized spacial score (nSPS) is 14.4. The molecule has 0 bridgehead atoms. The molecule has 1 aliphatic heterocycles. The van der Waals surface area contributed by atoms with Crippen molar-refractivity contribution in [3.8, 4) is 11.4 Å². The van der Waals surface area contributed by atoms with E-state index in [4.69, 9.17) is 0 Å². The number of benzene rings is 1. The van der Waals surface area contributed by atoms with Crippen LogP contribution in [0.25, 0.3) is 22.2 Å². The third-order valence-electron chi connectivity index (χ3n) is 5.93. The average molecular weight is 412 g/mol. The van der Waals surface area contributed by atoms with Crippen molar-refractivity contribution < 1.29 is 4.79 Å². The maximum atomic E-state index is 13.0. The molecule has 0 atom stereocenters. The van der Waals surface area contributed by atoms with Crippen LogP contribution in [-0.4, -0.2) is 43.3 Å². The molecule has 1 aliphatic rings. The Hall–Kier alpha value is -3.38. The average Bonchev–Trinajstić information content (AvgIpc) is 3.45. The van der Waals surface area contributed by atoms with Gasteiger partial charge in [-0.3, -0.25) is 19.7 Å². The second kappa shape index (κ2) is 8.40. The van der Waals surface area contributed by atoms with Crippen molar-refractivity contribution >= 4 is 16.6 Å². The summed E-state index contributed by atoms with van der Waals surface area (Å²) in [5.74, 6) is 0.0936. The van der Waals surface area contributed by atoms with Crippen LogP contribution in [0.15, 0.2) is 61.3 Å². The molecule has 0 aliphatic carbocycles. The highest BCUT2D eigenvalue weighted by atomic mass is 16.1. The van der Waals surface area contributed by atoms with Crippen LogP contribution in [0.3, 0.4) is 0 Å². The summed E-state index contributed by atoms with van der Waals surface area (Å²) >= 11 is 0. The lowest BCUT2D eigenvalue weighted by Gasteiger charge is -2.15. The zero-order valence-electron chi connectivity index (χ0n) is 17.7. The highest BCUT2D eigenvalue weighted by molar-refractivity contribution is 5.98. The summed E-state index contributed by atoms with van der Waals surface area (Å²) in [6.07, 6.45) is 9.99. The molecule has 6 heteroatoms. The van der Waals surface area contributed by atoms with E-state index in [0.29, 0.717) is 0 Å². The lowest BCUT2D eigenvalue weighted by molar-refractivity contribution is 0.0992. The van der Waals surface area contributed by atoms with Gasteiger partial charge in [0.25, 0.3) is 0 Å². The van der Waals surface area contributed by atoms with Gasteiger partial charge in [-0.15, -0.1) is 0 Å². The third kappa shape index (κ3) is 4.25. The van der Waals surface area contributed by atoms with E-state index in [2.05, 4.69) is 25.9 Å². The summed E-state index contributed by atoms with van der Waals surface area (Å²) in [7, 11) is 1.95. The summed E-state index contributed by atoms with van der Waals surface area (Å²) in [5, 5.41) is 1.97. The van der Waals surface area contributed by atoms with Gasteiger partial charge in [0.15, 0.2) is 5.78 Å². The number of Topliss-reactive ketones (excluding diaryl/α,β-unsaturated/α-hetero) is 1. The number of ketones is 1. The molecule has 1 saturated heterocycles. The SMILES string of the molecule is Cn1cncc1-c1cc2cc(CC(=O)c3cccc(CN4CCCC4)c3)ncc2cn1. The molecule has 1 fully saturated rings. The van der Waals surface area contributed by atoms with E-state index >= 15 is 0 Å². The number of likely N-dealkylation sites (tertiary alicyclic amines) is 1. The molecule has 4 aromatic rings. The van der Waals surface area contributed by atoms with Crippen LogP contribution >= 0.6 is 0 Å². The molecule has 3 aromatic heterocycles. The quantitative estimate of drug-likeness (QED) is 0.448. The molecule has 156 valence electrons. The molecule has 5 rings (SSSR count). The van der Waals surface area contributed by atoms with Crippen molar-refractivity contribution in [2.45, 2.75) is 25.8 Å². The van der Waals surface area contributed by atoms with E-state index in [1.165, 1.54) is 18.4 Å². The van der Waals surface area contributed by atoms with Gasteiger partial charge in [-0.2, -0.15) is 0 Å². The minimum absolute atomic E-state index is 0.0936. The molecule has 0 saturated carbocycles. The number of carbonyl (C=O) groups is 1. The summed E-state index contributed by atoms with van der Waals surface area (Å²) < 4.78 is 1.94. The Labute approximate surface area is 181 Å². The summed E-state index contributed by atoms with van der Waals surface area (Å²) in [4.78, 5) is 28.6. The number of hydrogen-bond donors (Lipinski definition) is 0. The fraction of sp³-hybridized carbons (Fsp3) is 0.280. The summed E-state index contributed by atoms with van der Waals surface area (Å²) in [5.41, 5.74) is 4.52. The molecule has 0 amide bonds. The maximum absolute atomic E-state index is 13.0. The van der Waals surface area contributed by atoms with Crippen LogP contribution in [0.4, 0.5) is 0 Å². The molecular formula is C25H25N5O. The molecule has 0 radical (unpaired) electrons. The van der Waals surface area contributed by atoms with Crippen molar-refractivity contribution in [1.82, 2.24) is 24.4 Å². The number of nitrogens with zero attached hydrogens (tertiary/aromatic N) is 5. The fourth-order valence-corrected chi connectivity index (χ4v) is 4.23. The Kier molecular flexibility index (Phi) is 5.30. The van der Waals surface area contributed by atoms with Crippen molar-refractivity contribution in [1.29, 1.82) is 0 Å². The van der Waals surface area contributed by atoms with Crippen LogP contribution in [0.5, 0.6) is 0 Å². The molecule has 0 spiro atoms. The first-order valence-corrected chi connectivity index (χ1v) is 10.7. The number of rotatable bonds is 6. The molecular weight excluding hydrogens is 386 g/mol. The number of hydrogen-bond acceptors (Lipinski definition) is 5. The van der Waals surface area contributed by atoms with E-state index in [1.807, 2.05) is 48.1 Å². The third-order valence-corrected chi connectivity index (χ3v) is 5.93.